The van der Waals surface area contributed by atoms with E-state index in [2.05, 4.69) is 20.2 Å². The minimum Gasteiger partial charge on any atom is -0.347 e. The number of imidazole rings is 1. The summed E-state index contributed by atoms with van der Waals surface area (Å²) in [6.07, 6.45) is 0. The molecular formula is C18H20N4O2S. The third-order valence-electron chi connectivity index (χ3n) is 3.96. The van der Waals surface area contributed by atoms with Crippen LogP contribution in [0.25, 0.3) is 11.0 Å². The first-order valence-corrected chi connectivity index (χ1v) is 9.04. The number of carbonyl (C=O) groups excluding carboxylic acids is 2. The largest absolute Gasteiger partial charge is 0.347 e. The Hall–Kier alpha value is -2.67. The molecule has 0 saturated carbocycles. The quantitative estimate of drug-likeness (QED) is 0.713. The van der Waals surface area contributed by atoms with Crippen molar-refractivity contribution in [2.45, 2.75) is 33.0 Å². The van der Waals surface area contributed by atoms with E-state index in [9.17, 15) is 9.59 Å². The fourth-order valence-electron chi connectivity index (χ4n) is 2.67. The van der Waals surface area contributed by atoms with Gasteiger partial charge in [-0.15, -0.1) is 11.3 Å². The molecule has 6 nitrogen and oxygen atoms in total. The maximum atomic E-state index is 12.3. The van der Waals surface area contributed by atoms with Crippen molar-refractivity contribution in [2.75, 3.05) is 0 Å². The van der Waals surface area contributed by atoms with E-state index in [0.29, 0.717) is 11.4 Å². The molecule has 3 rings (SSSR count). The van der Waals surface area contributed by atoms with Gasteiger partial charge in [0.25, 0.3) is 5.91 Å². The summed E-state index contributed by atoms with van der Waals surface area (Å²) < 4.78 is 2.07. The van der Waals surface area contributed by atoms with E-state index in [1.165, 1.54) is 11.3 Å². The second-order valence-corrected chi connectivity index (χ2v) is 6.60. The average Bonchev–Trinajstić information content (AvgIpc) is 3.26. The number of carbonyl (C=O) groups is 2. The number of hydrogen-bond donors (Lipinski definition) is 2. The van der Waals surface area contributed by atoms with Crippen LogP contribution in [0.4, 0.5) is 0 Å². The molecule has 130 valence electrons. The third-order valence-corrected chi connectivity index (χ3v) is 4.83. The molecular weight excluding hydrogens is 336 g/mol. The molecule has 2 N–H and O–H groups in total. The summed E-state index contributed by atoms with van der Waals surface area (Å²) in [5, 5.41) is 7.39. The summed E-state index contributed by atoms with van der Waals surface area (Å²) in [7, 11) is 0. The summed E-state index contributed by atoms with van der Waals surface area (Å²) in [5.74, 6) is 0.326. The summed E-state index contributed by atoms with van der Waals surface area (Å²) in [6, 6.07) is 10.8. The van der Waals surface area contributed by atoms with Crippen molar-refractivity contribution in [1.29, 1.82) is 0 Å². The van der Waals surface area contributed by atoms with Crippen LogP contribution in [0.1, 0.15) is 29.3 Å². The van der Waals surface area contributed by atoms with Crippen molar-refractivity contribution in [1.82, 2.24) is 20.2 Å². The van der Waals surface area contributed by atoms with Gasteiger partial charge in [-0.2, -0.15) is 0 Å². The van der Waals surface area contributed by atoms with Gasteiger partial charge in [0.05, 0.1) is 22.5 Å². The van der Waals surface area contributed by atoms with Crippen LogP contribution in [0.2, 0.25) is 0 Å². The molecule has 2 heterocycles. The summed E-state index contributed by atoms with van der Waals surface area (Å²) in [6.45, 7) is 4.81. The number of fused-ring (bicyclic) bond motifs is 1. The molecule has 0 bridgehead atoms. The zero-order valence-corrected chi connectivity index (χ0v) is 15.0. The lowest BCUT2D eigenvalue weighted by Crippen LogP contribution is -2.44. The second kappa shape index (κ2) is 7.48. The Kier molecular flexibility index (Phi) is 5.14. The number of aromatic nitrogens is 2. The maximum absolute atomic E-state index is 12.3. The first kappa shape index (κ1) is 17.2. The van der Waals surface area contributed by atoms with Crippen molar-refractivity contribution in [3.05, 3.63) is 52.5 Å². The number of amides is 2. The van der Waals surface area contributed by atoms with E-state index in [1.807, 2.05) is 36.6 Å². The van der Waals surface area contributed by atoms with E-state index in [4.69, 9.17) is 0 Å². The highest BCUT2D eigenvalue weighted by atomic mass is 32.1. The molecule has 0 aliphatic rings. The fourth-order valence-corrected chi connectivity index (χ4v) is 3.30. The molecule has 0 spiro atoms. The number of rotatable bonds is 6. The Morgan fingerprint density at radius 3 is 2.76 bits per heavy atom. The summed E-state index contributed by atoms with van der Waals surface area (Å²) in [4.78, 5) is 29.5. The third kappa shape index (κ3) is 3.71. The Balaban J connectivity index is 1.63. The SMILES string of the molecule is CCn1c(CNC(=O)[C@H](C)NC(=O)c2cccs2)nc2ccccc21. The number of thiophene rings is 1. The van der Waals surface area contributed by atoms with Gasteiger partial charge in [-0.05, 0) is 37.4 Å². The van der Waals surface area contributed by atoms with E-state index < -0.39 is 6.04 Å². The zero-order chi connectivity index (χ0) is 17.8. The number of hydrogen-bond acceptors (Lipinski definition) is 4. The molecule has 0 fully saturated rings. The van der Waals surface area contributed by atoms with Crippen molar-refractivity contribution in [3.63, 3.8) is 0 Å². The topological polar surface area (TPSA) is 76.0 Å². The number of benzene rings is 1. The van der Waals surface area contributed by atoms with Crippen molar-refractivity contribution >= 4 is 34.2 Å². The normalized spacial score (nSPS) is 12.1. The van der Waals surface area contributed by atoms with Gasteiger partial charge < -0.3 is 15.2 Å². The first-order chi connectivity index (χ1) is 12.1. The highest BCUT2D eigenvalue weighted by Crippen LogP contribution is 2.15. The van der Waals surface area contributed by atoms with Crippen LogP contribution in [-0.4, -0.2) is 27.4 Å². The number of nitrogens with zero attached hydrogens (tertiary/aromatic N) is 2. The van der Waals surface area contributed by atoms with Crippen LogP contribution in [-0.2, 0) is 17.9 Å². The smallest absolute Gasteiger partial charge is 0.261 e. The molecule has 0 radical (unpaired) electrons. The lowest BCUT2D eigenvalue weighted by Gasteiger charge is -2.14. The number of para-hydroxylation sites is 2. The van der Waals surface area contributed by atoms with Gasteiger partial charge in [0.1, 0.15) is 11.9 Å². The molecule has 0 aliphatic carbocycles. The highest BCUT2D eigenvalue weighted by molar-refractivity contribution is 7.12. The Morgan fingerprint density at radius 2 is 2.04 bits per heavy atom. The van der Waals surface area contributed by atoms with E-state index in [0.717, 1.165) is 23.4 Å². The Morgan fingerprint density at radius 1 is 1.24 bits per heavy atom. The maximum Gasteiger partial charge on any atom is 0.261 e. The minimum absolute atomic E-state index is 0.236. The number of aryl methyl sites for hydroxylation is 1. The minimum atomic E-state index is -0.617. The lowest BCUT2D eigenvalue weighted by atomic mass is 10.3. The molecule has 25 heavy (non-hydrogen) atoms. The molecule has 0 saturated heterocycles. The average molecular weight is 356 g/mol. The van der Waals surface area contributed by atoms with Crippen LogP contribution < -0.4 is 10.6 Å². The van der Waals surface area contributed by atoms with Crippen LogP contribution in [0.3, 0.4) is 0 Å². The van der Waals surface area contributed by atoms with Gasteiger partial charge in [-0.1, -0.05) is 18.2 Å². The highest BCUT2D eigenvalue weighted by Gasteiger charge is 2.18. The molecule has 2 aromatic heterocycles. The lowest BCUT2D eigenvalue weighted by molar-refractivity contribution is -0.122. The van der Waals surface area contributed by atoms with Crippen LogP contribution in [0.15, 0.2) is 41.8 Å². The molecule has 1 atom stereocenters. The standard InChI is InChI=1S/C18H20N4O2S/c1-3-22-14-8-5-4-7-13(14)21-16(22)11-19-17(23)12(2)20-18(24)15-9-6-10-25-15/h4-10,12H,3,11H2,1-2H3,(H,19,23)(H,20,24)/t12-/m0/s1. The summed E-state index contributed by atoms with van der Waals surface area (Å²) >= 11 is 1.35. The van der Waals surface area contributed by atoms with E-state index >= 15 is 0 Å². The number of nitrogens with one attached hydrogen (secondary N) is 2. The summed E-state index contributed by atoms with van der Waals surface area (Å²) in [5.41, 5.74) is 1.96. The van der Waals surface area contributed by atoms with Gasteiger partial charge in [-0.3, -0.25) is 9.59 Å². The van der Waals surface area contributed by atoms with Gasteiger partial charge in [-0.25, -0.2) is 4.98 Å². The molecule has 7 heteroatoms. The predicted molar refractivity (Wildman–Crippen MR) is 98.5 cm³/mol. The Bertz CT molecular complexity index is 886. The van der Waals surface area contributed by atoms with E-state index in [1.54, 1.807) is 19.1 Å². The van der Waals surface area contributed by atoms with Crippen molar-refractivity contribution < 1.29 is 9.59 Å². The van der Waals surface area contributed by atoms with Gasteiger partial charge >= 0.3 is 0 Å². The predicted octanol–water partition coefficient (Wildman–Crippen LogP) is 2.55. The first-order valence-electron chi connectivity index (χ1n) is 8.16. The zero-order valence-electron chi connectivity index (χ0n) is 14.2. The molecule has 0 aliphatic heterocycles. The van der Waals surface area contributed by atoms with Crippen molar-refractivity contribution in [2.24, 2.45) is 0 Å². The van der Waals surface area contributed by atoms with Crippen LogP contribution in [0, 0.1) is 0 Å². The van der Waals surface area contributed by atoms with Gasteiger partial charge in [0.15, 0.2) is 0 Å². The van der Waals surface area contributed by atoms with Crippen LogP contribution in [0.5, 0.6) is 0 Å². The molecule has 1 aromatic carbocycles. The monoisotopic (exact) mass is 356 g/mol. The van der Waals surface area contributed by atoms with Crippen molar-refractivity contribution in [3.8, 4) is 0 Å². The molecule has 2 amide bonds. The molecule has 0 unspecified atom stereocenters. The Labute approximate surface area is 149 Å². The van der Waals surface area contributed by atoms with Crippen LogP contribution >= 0.6 is 11.3 Å². The van der Waals surface area contributed by atoms with E-state index in [-0.39, 0.29) is 11.8 Å². The fraction of sp³-hybridized carbons (Fsp3) is 0.278. The molecule has 3 aromatic rings. The van der Waals surface area contributed by atoms with Gasteiger partial charge in [0.2, 0.25) is 5.91 Å². The van der Waals surface area contributed by atoms with Gasteiger partial charge in [0, 0.05) is 6.54 Å². The second-order valence-electron chi connectivity index (χ2n) is 5.65.